The fraction of sp³-hybridized carbons (Fsp3) is 0.467. The highest BCUT2D eigenvalue weighted by molar-refractivity contribution is 7.92. The molecule has 1 aromatic rings. The molecule has 1 atom stereocenters. The van der Waals surface area contributed by atoms with Gasteiger partial charge in [0.2, 0.25) is 10.0 Å². The number of benzene rings is 1. The molecule has 8 heteroatoms. The first kappa shape index (κ1) is 17.3. The van der Waals surface area contributed by atoms with Crippen molar-refractivity contribution in [3.63, 3.8) is 0 Å². The molecule has 0 N–H and O–H groups in total. The number of anilines is 1. The first-order valence-electron chi connectivity index (χ1n) is 7.14. The van der Waals surface area contributed by atoms with Crippen molar-refractivity contribution in [2.45, 2.75) is 19.4 Å². The molecule has 7 nitrogen and oxygen atoms in total. The molecule has 1 amide bonds. The van der Waals surface area contributed by atoms with E-state index in [1.165, 1.54) is 22.2 Å². The van der Waals surface area contributed by atoms with Crippen molar-refractivity contribution in [2.75, 3.05) is 31.2 Å². The number of ether oxygens (including phenoxy) is 1. The topological polar surface area (TPSA) is 84.0 Å². The molecule has 23 heavy (non-hydrogen) atoms. The Morgan fingerprint density at radius 1 is 1.30 bits per heavy atom. The molecule has 0 unspecified atom stereocenters. The van der Waals surface area contributed by atoms with Crippen molar-refractivity contribution in [1.82, 2.24) is 4.90 Å². The van der Waals surface area contributed by atoms with E-state index in [0.29, 0.717) is 24.2 Å². The fourth-order valence-corrected chi connectivity index (χ4v) is 3.44. The van der Waals surface area contributed by atoms with Gasteiger partial charge in [0.15, 0.2) is 6.10 Å². The molecule has 0 saturated carbocycles. The molecule has 0 aliphatic carbocycles. The van der Waals surface area contributed by atoms with Crippen LogP contribution >= 0.6 is 0 Å². The van der Waals surface area contributed by atoms with E-state index in [2.05, 4.69) is 0 Å². The van der Waals surface area contributed by atoms with Crippen LogP contribution in [0, 0.1) is 0 Å². The second-order valence-corrected chi connectivity index (χ2v) is 7.62. The van der Waals surface area contributed by atoms with E-state index in [1.54, 1.807) is 26.2 Å². The van der Waals surface area contributed by atoms with Crippen molar-refractivity contribution in [2.24, 2.45) is 0 Å². The van der Waals surface area contributed by atoms with Gasteiger partial charge in [-0.3, -0.25) is 9.10 Å². The van der Waals surface area contributed by atoms with Gasteiger partial charge in [0.05, 0.1) is 17.5 Å². The van der Waals surface area contributed by atoms with Crippen LogP contribution < -0.4 is 4.31 Å². The van der Waals surface area contributed by atoms with Crippen LogP contribution in [0.2, 0.25) is 0 Å². The number of esters is 1. The third-order valence-electron chi connectivity index (χ3n) is 3.64. The van der Waals surface area contributed by atoms with Crippen LogP contribution in [0.15, 0.2) is 18.2 Å². The normalized spacial score (nSPS) is 15.0. The Bertz CT molecular complexity index is 742. The number of hydrogen-bond donors (Lipinski definition) is 0. The summed E-state index contributed by atoms with van der Waals surface area (Å²) in [4.78, 5) is 25.2. The molecule has 1 aromatic carbocycles. The van der Waals surface area contributed by atoms with Gasteiger partial charge in [-0.05, 0) is 37.1 Å². The minimum Gasteiger partial charge on any atom is -0.449 e. The van der Waals surface area contributed by atoms with Crippen molar-refractivity contribution >= 4 is 27.6 Å². The lowest BCUT2D eigenvalue weighted by molar-refractivity contribution is -0.137. The molecule has 0 bridgehead atoms. The van der Waals surface area contributed by atoms with Crippen LogP contribution in [-0.4, -0.2) is 58.2 Å². The van der Waals surface area contributed by atoms with Gasteiger partial charge in [-0.1, -0.05) is 0 Å². The van der Waals surface area contributed by atoms with E-state index in [9.17, 15) is 18.0 Å². The fourth-order valence-electron chi connectivity index (χ4n) is 2.49. The van der Waals surface area contributed by atoms with Gasteiger partial charge in [-0.25, -0.2) is 13.2 Å². The largest absolute Gasteiger partial charge is 0.449 e. The van der Waals surface area contributed by atoms with E-state index in [1.807, 2.05) is 0 Å². The first-order valence-corrected chi connectivity index (χ1v) is 8.99. The molecule has 0 spiro atoms. The van der Waals surface area contributed by atoms with Gasteiger partial charge in [-0.15, -0.1) is 0 Å². The van der Waals surface area contributed by atoms with E-state index in [4.69, 9.17) is 4.74 Å². The van der Waals surface area contributed by atoms with Crippen molar-refractivity contribution in [1.29, 1.82) is 0 Å². The summed E-state index contributed by atoms with van der Waals surface area (Å²) >= 11 is 0. The van der Waals surface area contributed by atoms with Crippen LogP contribution in [0.25, 0.3) is 0 Å². The van der Waals surface area contributed by atoms with E-state index in [-0.39, 0.29) is 5.91 Å². The van der Waals surface area contributed by atoms with E-state index >= 15 is 0 Å². The first-order chi connectivity index (χ1) is 10.6. The monoisotopic (exact) mass is 340 g/mol. The number of hydrogen-bond acceptors (Lipinski definition) is 5. The number of likely N-dealkylation sites (N-methyl/N-ethyl adjacent to an activating group) is 1. The zero-order valence-corrected chi connectivity index (χ0v) is 14.4. The minimum atomic E-state index is -3.32. The quantitative estimate of drug-likeness (QED) is 0.751. The molecule has 1 aliphatic heterocycles. The zero-order chi connectivity index (χ0) is 17.4. The highest BCUT2D eigenvalue weighted by Gasteiger charge is 2.27. The SMILES string of the molecule is C[C@H](OC(=O)c1ccc2c(c1)CCN2S(C)(=O)=O)C(=O)N(C)C. The average Bonchev–Trinajstić information content (AvgIpc) is 2.88. The zero-order valence-electron chi connectivity index (χ0n) is 13.6. The Balaban J connectivity index is 2.17. The van der Waals surface area contributed by atoms with Crippen LogP contribution in [0.5, 0.6) is 0 Å². The maximum absolute atomic E-state index is 12.1. The molecule has 0 saturated heterocycles. The van der Waals surface area contributed by atoms with E-state index < -0.39 is 22.1 Å². The standard InChI is InChI=1S/C15H20N2O5S/c1-10(14(18)16(2)3)22-15(19)12-5-6-13-11(9-12)7-8-17(13)23(4,20)21/h5-6,9-10H,7-8H2,1-4H3/t10-/m0/s1. The van der Waals surface area contributed by atoms with Crippen LogP contribution in [0.1, 0.15) is 22.8 Å². The van der Waals surface area contributed by atoms with Crippen molar-refractivity contribution in [3.05, 3.63) is 29.3 Å². The summed E-state index contributed by atoms with van der Waals surface area (Å²) in [5.74, 6) is -0.906. The number of nitrogens with zero attached hydrogens (tertiary/aromatic N) is 2. The highest BCUT2D eigenvalue weighted by atomic mass is 32.2. The number of fused-ring (bicyclic) bond motifs is 1. The van der Waals surface area contributed by atoms with Gasteiger partial charge in [0, 0.05) is 20.6 Å². The smallest absolute Gasteiger partial charge is 0.338 e. The molecule has 2 rings (SSSR count). The van der Waals surface area contributed by atoms with Gasteiger partial charge in [0.1, 0.15) is 0 Å². The molecule has 126 valence electrons. The van der Waals surface area contributed by atoms with Crippen molar-refractivity contribution in [3.8, 4) is 0 Å². The van der Waals surface area contributed by atoms with Gasteiger partial charge < -0.3 is 9.64 Å². The van der Waals surface area contributed by atoms with Crippen LogP contribution in [-0.2, 0) is 26.0 Å². The lowest BCUT2D eigenvalue weighted by Gasteiger charge is -2.18. The average molecular weight is 340 g/mol. The number of carbonyl (C=O) groups is 2. The molecular formula is C15H20N2O5S. The number of amides is 1. The molecule has 0 aromatic heterocycles. The predicted molar refractivity (Wildman–Crippen MR) is 85.9 cm³/mol. The highest BCUT2D eigenvalue weighted by Crippen LogP contribution is 2.30. The minimum absolute atomic E-state index is 0.303. The Hall–Kier alpha value is -2.09. The van der Waals surface area contributed by atoms with Gasteiger partial charge >= 0.3 is 5.97 Å². The molecule has 0 fully saturated rings. The summed E-state index contributed by atoms with van der Waals surface area (Å²) in [5, 5.41) is 0. The maximum atomic E-state index is 12.1. The van der Waals surface area contributed by atoms with Gasteiger partial charge in [-0.2, -0.15) is 0 Å². The Labute approximate surface area is 135 Å². The summed E-state index contributed by atoms with van der Waals surface area (Å²) in [7, 11) is -0.152. The Morgan fingerprint density at radius 3 is 2.52 bits per heavy atom. The lowest BCUT2D eigenvalue weighted by Crippen LogP contribution is -2.34. The summed E-state index contributed by atoms with van der Waals surface area (Å²) in [5.41, 5.74) is 1.66. The summed E-state index contributed by atoms with van der Waals surface area (Å²) in [6.45, 7) is 1.88. The number of rotatable bonds is 4. The molecule has 1 heterocycles. The number of sulfonamides is 1. The van der Waals surface area contributed by atoms with Crippen LogP contribution in [0.3, 0.4) is 0 Å². The Kier molecular flexibility index (Phi) is 4.65. The Morgan fingerprint density at radius 2 is 1.96 bits per heavy atom. The molecular weight excluding hydrogens is 320 g/mol. The third-order valence-corrected chi connectivity index (χ3v) is 4.82. The number of carbonyl (C=O) groups excluding carboxylic acids is 2. The lowest BCUT2D eigenvalue weighted by atomic mass is 10.1. The van der Waals surface area contributed by atoms with Crippen molar-refractivity contribution < 1.29 is 22.7 Å². The summed E-state index contributed by atoms with van der Waals surface area (Å²) < 4.78 is 29.8. The third kappa shape index (κ3) is 3.64. The second kappa shape index (κ2) is 6.19. The summed E-state index contributed by atoms with van der Waals surface area (Å²) in [6, 6.07) is 4.73. The van der Waals surface area contributed by atoms with Gasteiger partial charge in [0.25, 0.3) is 5.91 Å². The maximum Gasteiger partial charge on any atom is 0.338 e. The molecule has 0 radical (unpaired) electrons. The summed E-state index contributed by atoms with van der Waals surface area (Å²) in [6.07, 6.45) is 0.812. The van der Waals surface area contributed by atoms with E-state index in [0.717, 1.165) is 11.8 Å². The second-order valence-electron chi connectivity index (χ2n) is 5.71. The predicted octanol–water partition coefficient (Wildman–Crippen LogP) is 0.642. The molecule has 1 aliphatic rings. The van der Waals surface area contributed by atoms with Crippen LogP contribution in [0.4, 0.5) is 5.69 Å².